The van der Waals surface area contributed by atoms with Gasteiger partial charge in [0.2, 0.25) is 0 Å². The number of sulfone groups is 1. The van der Waals surface area contributed by atoms with Crippen LogP contribution in [0.1, 0.15) is 30.1 Å². The van der Waals surface area contributed by atoms with Crippen LogP contribution in [-0.2, 0) is 22.0 Å². The summed E-state index contributed by atoms with van der Waals surface area (Å²) in [6, 6.07) is 0.469. The van der Waals surface area contributed by atoms with Crippen molar-refractivity contribution in [3.05, 3.63) is 11.3 Å². The fraction of sp³-hybridized carbons (Fsp3) is 0.667. The summed E-state index contributed by atoms with van der Waals surface area (Å²) in [5.41, 5.74) is 7.54. The molecule has 0 bridgehead atoms. The van der Waals surface area contributed by atoms with Crippen molar-refractivity contribution in [2.24, 2.45) is 0 Å². The highest BCUT2D eigenvalue weighted by Crippen LogP contribution is 2.38. The largest absolute Gasteiger partial charge is 0.382 e. The van der Waals surface area contributed by atoms with E-state index in [-0.39, 0.29) is 11.5 Å². The summed E-state index contributed by atoms with van der Waals surface area (Å²) in [5.74, 6) is 0.707. The van der Waals surface area contributed by atoms with Crippen molar-refractivity contribution in [2.45, 2.75) is 31.1 Å². The topological polar surface area (TPSA) is 78.0 Å². The molecule has 0 aromatic carbocycles. The second-order valence-corrected chi connectivity index (χ2v) is 6.51. The summed E-state index contributed by atoms with van der Waals surface area (Å²) in [6.45, 7) is 0. The van der Waals surface area contributed by atoms with Crippen LogP contribution < -0.4 is 5.73 Å². The van der Waals surface area contributed by atoms with Crippen LogP contribution >= 0.6 is 0 Å². The molecule has 5 nitrogen and oxygen atoms in total. The predicted octanol–water partition coefficient (Wildman–Crippen LogP) is 0.271. The molecule has 1 aromatic rings. The molecule has 0 spiro atoms. The average molecular weight is 227 g/mol. The maximum Gasteiger partial charge on any atom is 0.155 e. The van der Waals surface area contributed by atoms with Crippen LogP contribution in [0.4, 0.5) is 5.82 Å². The molecule has 6 heteroatoms. The maximum absolute atomic E-state index is 11.5. The molecule has 0 radical (unpaired) electrons. The Hall–Kier alpha value is -1.04. The third kappa shape index (κ3) is 1.43. The monoisotopic (exact) mass is 227 g/mol. The van der Waals surface area contributed by atoms with Gasteiger partial charge in [0.15, 0.2) is 9.84 Å². The molecule has 1 aromatic heterocycles. The van der Waals surface area contributed by atoms with E-state index in [2.05, 4.69) is 5.10 Å². The molecule has 0 amide bonds. The van der Waals surface area contributed by atoms with Crippen LogP contribution in [0.3, 0.4) is 0 Å². The van der Waals surface area contributed by atoms with Crippen LogP contribution in [0.5, 0.6) is 0 Å². The van der Waals surface area contributed by atoms with Gasteiger partial charge >= 0.3 is 0 Å². The third-order valence-corrected chi connectivity index (χ3v) is 4.61. The molecule has 2 N–H and O–H groups in total. The number of anilines is 1. The lowest BCUT2D eigenvalue weighted by atomic mass is 10.2. The van der Waals surface area contributed by atoms with E-state index in [0.29, 0.717) is 18.3 Å². The van der Waals surface area contributed by atoms with Crippen molar-refractivity contribution < 1.29 is 8.42 Å². The summed E-state index contributed by atoms with van der Waals surface area (Å²) in [6.07, 6.45) is 2.85. The highest BCUT2D eigenvalue weighted by Gasteiger charge is 2.33. The van der Waals surface area contributed by atoms with Gasteiger partial charge in [0, 0.05) is 17.7 Å². The van der Waals surface area contributed by atoms with Crippen LogP contribution in [0.25, 0.3) is 0 Å². The van der Waals surface area contributed by atoms with Crippen molar-refractivity contribution >= 4 is 15.7 Å². The zero-order valence-electron chi connectivity index (χ0n) is 8.31. The van der Waals surface area contributed by atoms with Crippen molar-refractivity contribution in [3.8, 4) is 0 Å². The first-order valence-electron chi connectivity index (χ1n) is 5.13. The number of fused-ring (bicyclic) bond motifs is 1. The molecule has 1 aliphatic carbocycles. The molecule has 3 rings (SSSR count). The number of nitrogen functional groups attached to an aromatic ring is 1. The number of nitrogens with zero attached hydrogens (tertiary/aromatic N) is 2. The first kappa shape index (κ1) is 9.21. The molecule has 2 aliphatic rings. The minimum absolute atomic E-state index is 0.0703. The van der Waals surface area contributed by atoms with Crippen molar-refractivity contribution in [1.82, 2.24) is 9.78 Å². The van der Waals surface area contributed by atoms with Gasteiger partial charge in [-0.05, 0) is 12.8 Å². The predicted molar refractivity (Wildman–Crippen MR) is 56.1 cm³/mol. The minimum Gasteiger partial charge on any atom is -0.382 e. The smallest absolute Gasteiger partial charge is 0.155 e. The van der Waals surface area contributed by atoms with Crippen LogP contribution in [0, 0.1) is 0 Å². The van der Waals surface area contributed by atoms with E-state index in [0.717, 1.165) is 24.1 Å². The molecule has 1 fully saturated rings. The maximum atomic E-state index is 11.5. The molecule has 15 heavy (non-hydrogen) atoms. The van der Waals surface area contributed by atoms with E-state index in [9.17, 15) is 8.42 Å². The van der Waals surface area contributed by atoms with Gasteiger partial charge in [0.25, 0.3) is 0 Å². The summed E-state index contributed by atoms with van der Waals surface area (Å²) in [5, 5.41) is 4.25. The Kier molecular flexibility index (Phi) is 1.69. The van der Waals surface area contributed by atoms with Crippen LogP contribution in [-0.4, -0.2) is 24.0 Å². The summed E-state index contributed by atoms with van der Waals surface area (Å²) in [7, 11) is -2.94. The molecule has 1 aliphatic heterocycles. The molecule has 0 atom stereocenters. The van der Waals surface area contributed by atoms with Gasteiger partial charge in [-0.1, -0.05) is 0 Å². The Morgan fingerprint density at radius 3 is 2.80 bits per heavy atom. The fourth-order valence-electron chi connectivity index (χ4n) is 2.11. The third-order valence-electron chi connectivity index (χ3n) is 3.06. The van der Waals surface area contributed by atoms with E-state index in [4.69, 9.17) is 5.73 Å². The van der Waals surface area contributed by atoms with Gasteiger partial charge in [-0.25, -0.2) is 8.42 Å². The molecule has 2 heterocycles. The Labute approximate surface area is 88.2 Å². The quantitative estimate of drug-likeness (QED) is 0.747. The lowest BCUT2D eigenvalue weighted by Gasteiger charge is -2.14. The normalized spacial score (nSPS) is 23.7. The van der Waals surface area contributed by atoms with Gasteiger partial charge in [-0.2, -0.15) is 5.10 Å². The van der Waals surface area contributed by atoms with E-state index in [1.165, 1.54) is 0 Å². The fourth-order valence-corrected chi connectivity index (χ4v) is 3.51. The first-order valence-corrected chi connectivity index (χ1v) is 6.95. The van der Waals surface area contributed by atoms with Gasteiger partial charge in [-0.15, -0.1) is 0 Å². The molecule has 1 saturated carbocycles. The Morgan fingerprint density at radius 1 is 1.40 bits per heavy atom. The molecular weight excluding hydrogens is 214 g/mol. The van der Waals surface area contributed by atoms with Gasteiger partial charge < -0.3 is 5.73 Å². The Morgan fingerprint density at radius 2 is 2.13 bits per heavy atom. The second kappa shape index (κ2) is 2.75. The zero-order chi connectivity index (χ0) is 10.6. The molecule has 0 unspecified atom stereocenters. The number of rotatable bonds is 1. The average Bonchev–Trinajstić information content (AvgIpc) is 2.93. The standard InChI is InChI=1S/C9H13N3O2S/c10-9-7-5-15(13,14)4-3-8(7)12(11-9)6-1-2-6/h6H,1-5H2,(H2,10,11). The molecule has 82 valence electrons. The van der Waals surface area contributed by atoms with Crippen molar-refractivity contribution in [2.75, 3.05) is 11.5 Å². The summed E-state index contributed by atoms with van der Waals surface area (Å²) < 4.78 is 24.9. The molecule has 0 saturated heterocycles. The van der Waals surface area contributed by atoms with Crippen molar-refractivity contribution in [3.63, 3.8) is 0 Å². The highest BCUT2D eigenvalue weighted by atomic mass is 32.2. The van der Waals surface area contributed by atoms with E-state index in [1.54, 1.807) is 0 Å². The summed E-state index contributed by atoms with van der Waals surface area (Å²) in [4.78, 5) is 0. The van der Waals surface area contributed by atoms with E-state index < -0.39 is 9.84 Å². The van der Waals surface area contributed by atoms with Crippen LogP contribution in [0.2, 0.25) is 0 Å². The lowest BCUT2D eigenvalue weighted by Crippen LogP contribution is -2.20. The lowest BCUT2D eigenvalue weighted by molar-refractivity contribution is 0.579. The number of hydrogen-bond donors (Lipinski definition) is 1. The molecular formula is C9H13N3O2S. The van der Waals surface area contributed by atoms with Crippen LogP contribution in [0.15, 0.2) is 0 Å². The highest BCUT2D eigenvalue weighted by molar-refractivity contribution is 7.90. The Balaban J connectivity index is 2.11. The first-order chi connectivity index (χ1) is 7.07. The zero-order valence-corrected chi connectivity index (χ0v) is 9.13. The number of aromatic nitrogens is 2. The van der Waals surface area contributed by atoms with Gasteiger partial charge in [-0.3, -0.25) is 4.68 Å². The van der Waals surface area contributed by atoms with Crippen molar-refractivity contribution in [1.29, 1.82) is 0 Å². The minimum atomic E-state index is -2.94. The number of nitrogens with two attached hydrogens (primary N) is 1. The van der Waals surface area contributed by atoms with E-state index in [1.807, 2.05) is 4.68 Å². The number of hydrogen-bond acceptors (Lipinski definition) is 4. The second-order valence-electron chi connectivity index (χ2n) is 4.33. The summed E-state index contributed by atoms with van der Waals surface area (Å²) >= 11 is 0. The van der Waals surface area contributed by atoms with Gasteiger partial charge in [0.05, 0.1) is 17.5 Å². The SMILES string of the molecule is Nc1nn(C2CC2)c2c1CS(=O)(=O)CC2. The van der Waals surface area contributed by atoms with E-state index >= 15 is 0 Å². The van der Waals surface area contributed by atoms with Gasteiger partial charge in [0.1, 0.15) is 5.82 Å². The Bertz CT molecular complexity index is 514.